The van der Waals surface area contributed by atoms with Gasteiger partial charge in [-0.15, -0.1) is 0 Å². The molecule has 2 heterocycles. The van der Waals surface area contributed by atoms with E-state index in [0.29, 0.717) is 46.2 Å². The molecule has 4 rings (SSSR count). The van der Waals surface area contributed by atoms with E-state index in [9.17, 15) is 14.3 Å². The van der Waals surface area contributed by atoms with Crippen LogP contribution in [0.25, 0.3) is 10.3 Å². The number of aromatic nitrogens is 3. The van der Waals surface area contributed by atoms with Crippen molar-refractivity contribution in [1.29, 1.82) is 0 Å². The van der Waals surface area contributed by atoms with Crippen molar-refractivity contribution in [2.45, 2.75) is 44.3 Å². The zero-order valence-corrected chi connectivity index (χ0v) is 20.1. The summed E-state index contributed by atoms with van der Waals surface area (Å²) < 4.78 is 20.0. The number of nitrogens with zero attached hydrogens (tertiary/aromatic N) is 4. The molecule has 1 aliphatic carbocycles. The summed E-state index contributed by atoms with van der Waals surface area (Å²) in [5, 5.41) is 16.6. The van der Waals surface area contributed by atoms with Crippen molar-refractivity contribution in [3.05, 3.63) is 35.4 Å². The van der Waals surface area contributed by atoms with Gasteiger partial charge in [-0.05, 0) is 58.5 Å². The smallest absolute Gasteiger partial charge is 0.280 e. The van der Waals surface area contributed by atoms with Crippen molar-refractivity contribution in [2.75, 3.05) is 32.5 Å². The number of fused-ring (bicyclic) bond motifs is 1. The molecule has 1 fully saturated rings. The number of nitrogens with one attached hydrogen (secondary N) is 2. The minimum absolute atomic E-state index is 0.259. The summed E-state index contributed by atoms with van der Waals surface area (Å²) in [6.07, 6.45) is 4.49. The van der Waals surface area contributed by atoms with Crippen LogP contribution in [0.2, 0.25) is 0 Å². The molecule has 1 amide bonds. The zero-order chi connectivity index (χ0) is 24.1. The first kappa shape index (κ1) is 24.2. The lowest BCUT2D eigenvalue weighted by Crippen LogP contribution is -2.34. The van der Waals surface area contributed by atoms with E-state index < -0.39 is 18.0 Å². The van der Waals surface area contributed by atoms with Crippen LogP contribution in [0.4, 0.5) is 15.9 Å². The van der Waals surface area contributed by atoms with E-state index in [1.54, 1.807) is 6.07 Å². The molecule has 1 aliphatic rings. The number of benzene rings is 1. The quantitative estimate of drug-likeness (QED) is 0.393. The Morgan fingerprint density at radius 3 is 2.91 bits per heavy atom. The Morgan fingerprint density at radius 2 is 2.12 bits per heavy atom. The van der Waals surface area contributed by atoms with Crippen LogP contribution < -0.4 is 15.4 Å². The Labute approximate surface area is 201 Å². The highest BCUT2D eigenvalue weighted by Gasteiger charge is 2.26. The van der Waals surface area contributed by atoms with Crippen molar-refractivity contribution in [1.82, 2.24) is 25.2 Å². The van der Waals surface area contributed by atoms with Crippen molar-refractivity contribution < 1.29 is 19.0 Å². The number of thiazole rings is 1. The fourth-order valence-corrected chi connectivity index (χ4v) is 4.64. The molecule has 3 N–H and O–H groups in total. The lowest BCUT2D eigenvalue weighted by atomic mass is 9.95. The van der Waals surface area contributed by atoms with Crippen molar-refractivity contribution in [3.8, 4) is 5.75 Å². The maximum absolute atomic E-state index is 14.0. The first-order valence-corrected chi connectivity index (χ1v) is 12.2. The number of anilines is 2. The van der Waals surface area contributed by atoms with Crippen LogP contribution in [-0.4, -0.2) is 70.3 Å². The summed E-state index contributed by atoms with van der Waals surface area (Å²) in [4.78, 5) is 28.1. The van der Waals surface area contributed by atoms with Crippen LogP contribution >= 0.6 is 11.3 Å². The average molecular weight is 489 g/mol. The highest BCUT2D eigenvalue weighted by molar-refractivity contribution is 7.19. The van der Waals surface area contributed by atoms with Crippen LogP contribution in [0, 0.1) is 5.82 Å². The second-order valence-corrected chi connectivity index (χ2v) is 9.56. The monoisotopic (exact) mass is 488 g/mol. The third kappa shape index (κ3) is 5.96. The normalized spacial score (nSPS) is 18.3. The summed E-state index contributed by atoms with van der Waals surface area (Å²) in [5.41, 5.74) is 0.931. The number of ether oxygens (including phenoxy) is 1. The van der Waals surface area contributed by atoms with Gasteiger partial charge in [-0.25, -0.2) is 19.3 Å². The third-order valence-corrected chi connectivity index (χ3v) is 6.56. The van der Waals surface area contributed by atoms with E-state index in [1.807, 2.05) is 14.1 Å². The van der Waals surface area contributed by atoms with Gasteiger partial charge in [0.1, 0.15) is 34.3 Å². The Hall–Kier alpha value is -2.89. The molecule has 1 saturated carbocycles. The molecule has 0 saturated heterocycles. The topological polar surface area (TPSA) is 113 Å². The molecule has 11 heteroatoms. The molecule has 182 valence electrons. The molecule has 34 heavy (non-hydrogen) atoms. The number of hydrogen-bond donors (Lipinski definition) is 3. The number of halogens is 1. The van der Waals surface area contributed by atoms with E-state index in [4.69, 9.17) is 4.74 Å². The molecular weight excluding hydrogens is 459 g/mol. The molecule has 2 atom stereocenters. The Morgan fingerprint density at radius 1 is 1.29 bits per heavy atom. The summed E-state index contributed by atoms with van der Waals surface area (Å²) in [6, 6.07) is 4.16. The highest BCUT2D eigenvalue weighted by Crippen LogP contribution is 2.34. The summed E-state index contributed by atoms with van der Waals surface area (Å²) in [6.45, 7) is 1.42. The maximum Gasteiger partial charge on any atom is 0.280 e. The highest BCUT2D eigenvalue weighted by atomic mass is 32.1. The van der Waals surface area contributed by atoms with Crippen LogP contribution in [0.5, 0.6) is 5.75 Å². The van der Waals surface area contributed by atoms with Gasteiger partial charge in [0, 0.05) is 12.6 Å². The van der Waals surface area contributed by atoms with Gasteiger partial charge in [-0.1, -0.05) is 17.8 Å². The summed E-state index contributed by atoms with van der Waals surface area (Å²) >= 11 is 1.18. The predicted octanol–water partition coefficient (Wildman–Crippen LogP) is 3.33. The van der Waals surface area contributed by atoms with E-state index >= 15 is 0 Å². The number of aliphatic hydroxyl groups is 1. The predicted molar refractivity (Wildman–Crippen MR) is 129 cm³/mol. The van der Waals surface area contributed by atoms with Crippen molar-refractivity contribution in [2.24, 2.45) is 0 Å². The molecule has 9 nitrogen and oxygen atoms in total. The van der Waals surface area contributed by atoms with Gasteiger partial charge in [0.05, 0.1) is 11.8 Å². The number of carbonyl (C=O) groups excluding carboxylic acids is 1. The number of aliphatic hydroxyl groups excluding tert-OH is 1. The van der Waals surface area contributed by atoms with Gasteiger partial charge in [0.2, 0.25) is 0 Å². The number of hydrogen-bond acceptors (Lipinski definition) is 9. The minimum atomic E-state index is -0.590. The molecule has 2 aromatic heterocycles. The molecule has 0 spiro atoms. The van der Waals surface area contributed by atoms with Crippen LogP contribution in [0.3, 0.4) is 0 Å². The molecule has 0 aliphatic heterocycles. The van der Waals surface area contributed by atoms with E-state index in [2.05, 4.69) is 30.5 Å². The maximum atomic E-state index is 14.0. The molecular formula is C23H29FN6O3S. The fraction of sp³-hybridized carbons (Fsp3) is 0.478. The van der Waals surface area contributed by atoms with E-state index in [-0.39, 0.29) is 11.7 Å². The first-order chi connectivity index (χ1) is 16.4. The molecule has 0 radical (unpaired) electrons. The van der Waals surface area contributed by atoms with E-state index in [1.165, 1.54) is 29.8 Å². The van der Waals surface area contributed by atoms with Gasteiger partial charge in [0.15, 0.2) is 10.8 Å². The van der Waals surface area contributed by atoms with Gasteiger partial charge >= 0.3 is 0 Å². The van der Waals surface area contributed by atoms with E-state index in [0.717, 1.165) is 25.8 Å². The van der Waals surface area contributed by atoms with Gasteiger partial charge in [-0.3, -0.25) is 4.79 Å². The standard InChI is InChI=1S/C23H29FN6O3S/c1-30(2)11-5-10-25-21(32)23-29-19-20(26-13-27-22(19)34-23)28-15-9-8-14(24)12-18(15)33-17-7-4-3-6-16(17)31/h8-9,12-13,16-17,31H,3-7,10-11H2,1-2H3,(H,25,32)(H,26,27,28)/t16-,17-/m1/s1. The van der Waals surface area contributed by atoms with Crippen LogP contribution in [-0.2, 0) is 0 Å². The Bertz CT molecular complexity index is 1140. The van der Waals surface area contributed by atoms with Crippen molar-refractivity contribution in [3.63, 3.8) is 0 Å². The number of carbonyl (C=O) groups is 1. The summed E-state index contributed by atoms with van der Waals surface area (Å²) in [5.74, 6) is -0.0364. The average Bonchev–Trinajstić information content (AvgIpc) is 3.25. The SMILES string of the molecule is CN(C)CCCNC(=O)c1nc2c(Nc3ccc(F)cc3O[C@@H]3CCCC[C@H]3O)ncnc2s1. The molecule has 0 bridgehead atoms. The van der Waals surface area contributed by atoms with Gasteiger partial charge in [0.25, 0.3) is 5.91 Å². The number of rotatable bonds is 9. The largest absolute Gasteiger partial charge is 0.485 e. The molecule has 0 unspecified atom stereocenters. The van der Waals surface area contributed by atoms with Crippen LogP contribution in [0.1, 0.15) is 41.9 Å². The van der Waals surface area contributed by atoms with Gasteiger partial charge < -0.3 is 25.4 Å². The van der Waals surface area contributed by atoms with Crippen molar-refractivity contribution >= 4 is 39.1 Å². The summed E-state index contributed by atoms with van der Waals surface area (Å²) in [7, 11) is 3.97. The third-order valence-electron chi connectivity index (χ3n) is 5.60. The Kier molecular flexibility index (Phi) is 7.86. The second-order valence-electron chi connectivity index (χ2n) is 8.58. The van der Waals surface area contributed by atoms with Crippen LogP contribution in [0.15, 0.2) is 24.5 Å². The lowest BCUT2D eigenvalue weighted by molar-refractivity contribution is 0.00712. The zero-order valence-electron chi connectivity index (χ0n) is 19.3. The first-order valence-electron chi connectivity index (χ1n) is 11.4. The minimum Gasteiger partial charge on any atom is -0.485 e. The Balaban J connectivity index is 1.53. The molecule has 3 aromatic rings. The molecule has 1 aromatic carbocycles. The van der Waals surface area contributed by atoms with Gasteiger partial charge in [-0.2, -0.15) is 0 Å². The number of amides is 1. The second kappa shape index (κ2) is 11.0. The fourth-order valence-electron chi connectivity index (χ4n) is 3.82. The lowest BCUT2D eigenvalue weighted by Gasteiger charge is -2.29.